The van der Waals surface area contributed by atoms with Crippen LogP contribution in [0.2, 0.25) is 0 Å². The van der Waals surface area contributed by atoms with Gasteiger partial charge in [-0.25, -0.2) is 4.79 Å². The molecule has 1 rings (SSSR count). The fourth-order valence-corrected chi connectivity index (χ4v) is 1.04. The fraction of sp³-hybridized carbons (Fsp3) is 0.182. The molecule has 1 aromatic carbocycles. The van der Waals surface area contributed by atoms with Crippen molar-refractivity contribution in [3.05, 3.63) is 29.8 Å². The van der Waals surface area contributed by atoms with E-state index in [1.165, 1.54) is 0 Å². The molecule has 0 fully saturated rings. The number of anilines is 1. The Labute approximate surface area is 93.3 Å². The summed E-state index contributed by atoms with van der Waals surface area (Å²) in [4.78, 5) is 11.2. The van der Waals surface area contributed by atoms with Gasteiger partial charge in [0, 0.05) is 12.2 Å². The molecular weight excluding hydrogens is 204 g/mol. The number of carbonyl (C=O) groups excluding carboxylic acids is 1. The number of amides is 2. The standard InChI is InChI=1S/C11H10N4O/c12-6-1-7-14-11(16)15-10-4-2-9(8-13)3-5-10/h2-5H,1,7H2,(H2,14,15,16). The molecule has 0 heterocycles. The van der Waals surface area contributed by atoms with Crippen molar-refractivity contribution in [2.45, 2.75) is 6.42 Å². The molecule has 2 amide bonds. The second kappa shape index (κ2) is 6.05. The first-order valence-electron chi connectivity index (χ1n) is 4.68. The first-order chi connectivity index (χ1) is 7.76. The van der Waals surface area contributed by atoms with Gasteiger partial charge in [0.2, 0.25) is 0 Å². The van der Waals surface area contributed by atoms with E-state index in [0.717, 1.165) is 0 Å². The Morgan fingerprint density at radius 3 is 2.50 bits per heavy atom. The van der Waals surface area contributed by atoms with E-state index >= 15 is 0 Å². The summed E-state index contributed by atoms with van der Waals surface area (Å²) in [6.07, 6.45) is 0.279. The van der Waals surface area contributed by atoms with Crippen molar-refractivity contribution in [3.8, 4) is 12.1 Å². The summed E-state index contributed by atoms with van der Waals surface area (Å²) >= 11 is 0. The average molecular weight is 214 g/mol. The van der Waals surface area contributed by atoms with Crippen LogP contribution in [0.25, 0.3) is 0 Å². The Hall–Kier alpha value is -2.53. The van der Waals surface area contributed by atoms with Crippen LogP contribution in [0.1, 0.15) is 12.0 Å². The molecule has 80 valence electrons. The van der Waals surface area contributed by atoms with E-state index < -0.39 is 0 Å². The summed E-state index contributed by atoms with van der Waals surface area (Å²) in [7, 11) is 0. The first kappa shape index (κ1) is 11.5. The number of rotatable bonds is 3. The maximum atomic E-state index is 11.2. The van der Waals surface area contributed by atoms with E-state index in [1.807, 2.05) is 12.1 Å². The van der Waals surface area contributed by atoms with Crippen molar-refractivity contribution in [3.63, 3.8) is 0 Å². The first-order valence-corrected chi connectivity index (χ1v) is 4.68. The van der Waals surface area contributed by atoms with Crippen LogP contribution >= 0.6 is 0 Å². The molecule has 0 bridgehead atoms. The summed E-state index contributed by atoms with van der Waals surface area (Å²) in [6.45, 7) is 0.318. The highest BCUT2D eigenvalue weighted by Gasteiger charge is 2.00. The van der Waals surface area contributed by atoms with Gasteiger partial charge in [-0.2, -0.15) is 10.5 Å². The van der Waals surface area contributed by atoms with Crippen LogP contribution in [0.15, 0.2) is 24.3 Å². The number of urea groups is 1. The Balaban J connectivity index is 2.45. The Morgan fingerprint density at radius 2 is 1.94 bits per heavy atom. The Bertz CT molecular complexity index is 439. The Morgan fingerprint density at radius 1 is 1.25 bits per heavy atom. The smallest absolute Gasteiger partial charge is 0.319 e. The van der Waals surface area contributed by atoms with Crippen LogP contribution in [0, 0.1) is 22.7 Å². The van der Waals surface area contributed by atoms with Crippen molar-refractivity contribution in [2.24, 2.45) is 0 Å². The second-order valence-corrected chi connectivity index (χ2v) is 2.98. The van der Waals surface area contributed by atoms with Gasteiger partial charge in [0.15, 0.2) is 0 Å². The third-order valence-electron chi connectivity index (χ3n) is 1.79. The molecule has 0 saturated carbocycles. The van der Waals surface area contributed by atoms with E-state index in [1.54, 1.807) is 24.3 Å². The zero-order chi connectivity index (χ0) is 11.8. The van der Waals surface area contributed by atoms with E-state index in [9.17, 15) is 4.79 Å². The highest BCUT2D eigenvalue weighted by molar-refractivity contribution is 5.89. The lowest BCUT2D eigenvalue weighted by Gasteiger charge is -2.05. The van der Waals surface area contributed by atoms with Gasteiger partial charge in [0.25, 0.3) is 0 Å². The van der Waals surface area contributed by atoms with Gasteiger partial charge < -0.3 is 10.6 Å². The zero-order valence-corrected chi connectivity index (χ0v) is 8.53. The van der Waals surface area contributed by atoms with Crippen molar-refractivity contribution >= 4 is 11.7 Å². The predicted octanol–water partition coefficient (Wildman–Crippen LogP) is 1.59. The van der Waals surface area contributed by atoms with Crippen LogP contribution in [0.4, 0.5) is 10.5 Å². The largest absolute Gasteiger partial charge is 0.337 e. The van der Waals surface area contributed by atoms with E-state index in [-0.39, 0.29) is 12.5 Å². The molecular formula is C11H10N4O. The number of hydrogen-bond acceptors (Lipinski definition) is 3. The minimum Gasteiger partial charge on any atom is -0.337 e. The minimum atomic E-state index is -0.361. The topological polar surface area (TPSA) is 88.7 Å². The number of nitrogens with one attached hydrogen (secondary N) is 2. The molecule has 2 N–H and O–H groups in total. The molecule has 0 aliphatic carbocycles. The molecule has 0 aromatic heterocycles. The third-order valence-corrected chi connectivity index (χ3v) is 1.79. The van der Waals surface area contributed by atoms with Crippen LogP contribution in [-0.2, 0) is 0 Å². The molecule has 5 heteroatoms. The fourth-order valence-electron chi connectivity index (χ4n) is 1.04. The lowest BCUT2D eigenvalue weighted by Crippen LogP contribution is -2.29. The molecule has 1 aromatic rings. The van der Waals surface area contributed by atoms with Gasteiger partial charge in [0.05, 0.1) is 24.1 Å². The molecule has 16 heavy (non-hydrogen) atoms. The molecule has 0 saturated heterocycles. The number of hydrogen-bond donors (Lipinski definition) is 2. The van der Waals surface area contributed by atoms with Crippen LogP contribution in [-0.4, -0.2) is 12.6 Å². The summed E-state index contributed by atoms with van der Waals surface area (Å²) in [5, 5.41) is 22.0. The monoisotopic (exact) mass is 214 g/mol. The lowest BCUT2D eigenvalue weighted by atomic mass is 10.2. The normalized spacial score (nSPS) is 8.62. The molecule has 0 unspecified atom stereocenters. The number of benzene rings is 1. The van der Waals surface area contributed by atoms with Gasteiger partial charge in [-0.1, -0.05) is 0 Å². The van der Waals surface area contributed by atoms with Gasteiger partial charge >= 0.3 is 6.03 Å². The Kier molecular flexibility index (Phi) is 4.36. The summed E-state index contributed by atoms with van der Waals surface area (Å²) in [5.74, 6) is 0. The van der Waals surface area contributed by atoms with Crippen molar-refractivity contribution in [1.82, 2.24) is 5.32 Å². The van der Waals surface area contributed by atoms with Crippen molar-refractivity contribution < 1.29 is 4.79 Å². The highest BCUT2D eigenvalue weighted by Crippen LogP contribution is 2.08. The molecule has 0 aliphatic rings. The SMILES string of the molecule is N#CCCNC(=O)Nc1ccc(C#N)cc1. The predicted molar refractivity (Wildman–Crippen MR) is 58.4 cm³/mol. The van der Waals surface area contributed by atoms with Gasteiger partial charge in [-0.3, -0.25) is 0 Å². The lowest BCUT2D eigenvalue weighted by molar-refractivity contribution is 0.252. The number of carbonyl (C=O) groups is 1. The van der Waals surface area contributed by atoms with Crippen LogP contribution < -0.4 is 10.6 Å². The second-order valence-electron chi connectivity index (χ2n) is 2.98. The summed E-state index contributed by atoms with van der Waals surface area (Å²) in [5.41, 5.74) is 1.14. The number of nitriles is 2. The highest BCUT2D eigenvalue weighted by atomic mass is 16.2. The quantitative estimate of drug-likeness (QED) is 0.749. The van der Waals surface area contributed by atoms with Crippen LogP contribution in [0.5, 0.6) is 0 Å². The van der Waals surface area contributed by atoms with Crippen molar-refractivity contribution in [1.29, 1.82) is 10.5 Å². The molecule has 0 radical (unpaired) electrons. The van der Waals surface area contributed by atoms with Gasteiger partial charge in [0.1, 0.15) is 0 Å². The molecule has 0 aliphatic heterocycles. The van der Waals surface area contributed by atoms with Gasteiger partial charge in [-0.15, -0.1) is 0 Å². The van der Waals surface area contributed by atoms with E-state index in [4.69, 9.17) is 10.5 Å². The molecule has 0 spiro atoms. The number of nitrogens with zero attached hydrogens (tertiary/aromatic N) is 2. The summed E-state index contributed by atoms with van der Waals surface area (Å²) < 4.78 is 0. The van der Waals surface area contributed by atoms with E-state index in [2.05, 4.69) is 10.6 Å². The van der Waals surface area contributed by atoms with Crippen molar-refractivity contribution in [2.75, 3.05) is 11.9 Å². The van der Waals surface area contributed by atoms with Gasteiger partial charge in [-0.05, 0) is 24.3 Å². The molecule has 0 atom stereocenters. The zero-order valence-electron chi connectivity index (χ0n) is 8.53. The maximum Gasteiger partial charge on any atom is 0.319 e. The average Bonchev–Trinajstić information content (AvgIpc) is 2.30. The van der Waals surface area contributed by atoms with Crippen LogP contribution in [0.3, 0.4) is 0 Å². The summed E-state index contributed by atoms with van der Waals surface area (Å²) in [6, 6.07) is 10.1. The third kappa shape index (κ3) is 3.69. The van der Waals surface area contributed by atoms with E-state index in [0.29, 0.717) is 17.8 Å². The minimum absolute atomic E-state index is 0.279. The molecule has 5 nitrogen and oxygen atoms in total. The maximum absolute atomic E-state index is 11.2.